The van der Waals surface area contributed by atoms with Gasteiger partial charge in [-0.1, -0.05) is 29.8 Å². The number of nitrogens with two attached hydrogens (primary N) is 1. The van der Waals surface area contributed by atoms with Crippen LogP contribution in [0, 0.1) is 0 Å². The number of anilines is 1. The topological polar surface area (TPSA) is 97.1 Å². The largest absolute Gasteiger partial charge is 0.352 e. The van der Waals surface area contributed by atoms with Crippen LogP contribution in [-0.4, -0.2) is 16.9 Å². The standard InChI is InChI=1S/C22H21ClN4O2S/c23-17-5-3-16(4-6-17)20(27-22(24)29)12-21(28)26-18-7-9-19(10-8-18)30-14-15-2-1-11-25-13-15/h1-11,13,20H,12,14H2,(H,26,28)(H3,24,27,29). The Morgan fingerprint density at radius 3 is 2.43 bits per heavy atom. The van der Waals surface area contributed by atoms with Crippen LogP contribution in [0.2, 0.25) is 5.02 Å². The second-order valence-corrected chi connectivity index (χ2v) is 8.02. The van der Waals surface area contributed by atoms with Gasteiger partial charge in [-0.05, 0) is 53.6 Å². The van der Waals surface area contributed by atoms with Gasteiger partial charge in [0.05, 0.1) is 12.5 Å². The number of carbonyl (C=O) groups excluding carboxylic acids is 2. The van der Waals surface area contributed by atoms with Crippen molar-refractivity contribution in [1.29, 1.82) is 0 Å². The van der Waals surface area contributed by atoms with E-state index in [1.54, 1.807) is 42.2 Å². The van der Waals surface area contributed by atoms with Gasteiger partial charge < -0.3 is 16.4 Å². The molecule has 3 amide bonds. The number of halogens is 1. The fourth-order valence-electron chi connectivity index (χ4n) is 2.80. The summed E-state index contributed by atoms with van der Waals surface area (Å²) in [6.07, 6.45) is 3.64. The third kappa shape index (κ3) is 6.79. The summed E-state index contributed by atoms with van der Waals surface area (Å²) >= 11 is 7.60. The number of primary amides is 1. The average Bonchev–Trinajstić information content (AvgIpc) is 2.74. The maximum Gasteiger partial charge on any atom is 0.312 e. The van der Waals surface area contributed by atoms with E-state index in [4.69, 9.17) is 17.3 Å². The highest BCUT2D eigenvalue weighted by molar-refractivity contribution is 7.98. The van der Waals surface area contributed by atoms with Crippen LogP contribution < -0.4 is 16.4 Å². The number of nitrogens with one attached hydrogen (secondary N) is 2. The van der Waals surface area contributed by atoms with Gasteiger partial charge in [0, 0.05) is 33.8 Å². The summed E-state index contributed by atoms with van der Waals surface area (Å²) in [4.78, 5) is 29.0. The summed E-state index contributed by atoms with van der Waals surface area (Å²) in [5.41, 5.74) is 7.84. The van der Waals surface area contributed by atoms with Gasteiger partial charge >= 0.3 is 6.03 Å². The van der Waals surface area contributed by atoms with Gasteiger partial charge in [-0.2, -0.15) is 0 Å². The van der Waals surface area contributed by atoms with E-state index in [-0.39, 0.29) is 12.3 Å². The first kappa shape index (κ1) is 21.7. The molecule has 1 atom stereocenters. The van der Waals surface area contributed by atoms with E-state index in [2.05, 4.69) is 15.6 Å². The number of nitrogens with zero attached hydrogens (tertiary/aromatic N) is 1. The Kier molecular flexibility index (Phi) is 7.70. The number of rotatable bonds is 8. The molecule has 3 aromatic rings. The van der Waals surface area contributed by atoms with Crippen LogP contribution in [0.5, 0.6) is 0 Å². The van der Waals surface area contributed by atoms with Crippen LogP contribution in [0.3, 0.4) is 0 Å². The number of benzene rings is 2. The predicted molar refractivity (Wildman–Crippen MR) is 120 cm³/mol. The zero-order valence-corrected chi connectivity index (χ0v) is 17.6. The third-order valence-corrected chi connectivity index (χ3v) is 5.58. The molecule has 30 heavy (non-hydrogen) atoms. The van der Waals surface area contributed by atoms with Gasteiger partial charge in [0.2, 0.25) is 5.91 Å². The smallest absolute Gasteiger partial charge is 0.312 e. The summed E-state index contributed by atoms with van der Waals surface area (Å²) in [7, 11) is 0. The Bertz CT molecular complexity index is 982. The van der Waals surface area contributed by atoms with Crippen LogP contribution in [0.4, 0.5) is 10.5 Å². The molecule has 0 saturated heterocycles. The van der Waals surface area contributed by atoms with E-state index in [0.717, 1.165) is 21.8 Å². The number of pyridine rings is 1. The molecule has 0 bridgehead atoms. The highest BCUT2D eigenvalue weighted by Crippen LogP contribution is 2.25. The Hall–Kier alpha value is -3.03. The summed E-state index contributed by atoms with van der Waals surface area (Å²) in [5, 5.41) is 6.02. The van der Waals surface area contributed by atoms with Crippen molar-refractivity contribution < 1.29 is 9.59 Å². The first-order chi connectivity index (χ1) is 14.5. The molecule has 0 radical (unpaired) electrons. The Balaban J connectivity index is 1.57. The maximum atomic E-state index is 12.5. The zero-order valence-electron chi connectivity index (χ0n) is 16.0. The quantitative estimate of drug-likeness (QED) is 0.439. The lowest BCUT2D eigenvalue weighted by molar-refractivity contribution is -0.116. The molecule has 1 heterocycles. The lowest BCUT2D eigenvalue weighted by Gasteiger charge is -2.18. The molecule has 0 aliphatic rings. The number of urea groups is 1. The van der Waals surface area contributed by atoms with Crippen LogP contribution in [-0.2, 0) is 10.5 Å². The van der Waals surface area contributed by atoms with Crippen molar-refractivity contribution in [3.63, 3.8) is 0 Å². The Labute approximate surface area is 184 Å². The molecule has 6 nitrogen and oxygen atoms in total. The number of amides is 3. The molecular formula is C22H21ClN4O2S. The normalized spacial score (nSPS) is 11.5. The van der Waals surface area contributed by atoms with Crippen molar-refractivity contribution in [2.45, 2.75) is 23.1 Å². The number of thioether (sulfide) groups is 1. The zero-order chi connectivity index (χ0) is 21.3. The van der Waals surface area contributed by atoms with Crippen molar-refractivity contribution in [3.8, 4) is 0 Å². The minimum Gasteiger partial charge on any atom is -0.352 e. The van der Waals surface area contributed by atoms with Gasteiger partial charge in [0.15, 0.2) is 0 Å². The second-order valence-electron chi connectivity index (χ2n) is 6.54. The molecule has 154 valence electrons. The summed E-state index contributed by atoms with van der Waals surface area (Å²) in [5.74, 6) is 0.584. The Morgan fingerprint density at radius 1 is 1.07 bits per heavy atom. The molecule has 0 fully saturated rings. The number of aromatic nitrogens is 1. The van der Waals surface area contributed by atoms with E-state index in [0.29, 0.717) is 10.7 Å². The second kappa shape index (κ2) is 10.7. The fraction of sp³-hybridized carbons (Fsp3) is 0.136. The van der Waals surface area contributed by atoms with E-state index >= 15 is 0 Å². The molecular weight excluding hydrogens is 420 g/mol. The van der Waals surface area contributed by atoms with Crippen molar-refractivity contribution in [3.05, 3.63) is 89.2 Å². The molecule has 1 unspecified atom stereocenters. The van der Waals surface area contributed by atoms with E-state index < -0.39 is 12.1 Å². The average molecular weight is 441 g/mol. The van der Waals surface area contributed by atoms with Crippen molar-refractivity contribution in [2.24, 2.45) is 5.73 Å². The summed E-state index contributed by atoms with van der Waals surface area (Å²) in [6.45, 7) is 0. The van der Waals surface area contributed by atoms with Crippen LogP contribution >= 0.6 is 23.4 Å². The molecule has 0 spiro atoms. The van der Waals surface area contributed by atoms with Crippen molar-refractivity contribution >= 4 is 41.0 Å². The highest BCUT2D eigenvalue weighted by Gasteiger charge is 2.17. The predicted octanol–water partition coefficient (Wildman–Crippen LogP) is 4.77. The molecule has 0 saturated carbocycles. The first-order valence-corrected chi connectivity index (χ1v) is 10.6. The molecule has 0 aliphatic heterocycles. The number of hydrogen-bond donors (Lipinski definition) is 3. The van der Waals surface area contributed by atoms with E-state index in [1.807, 2.05) is 42.6 Å². The van der Waals surface area contributed by atoms with Crippen LogP contribution in [0.25, 0.3) is 0 Å². The lowest BCUT2D eigenvalue weighted by atomic mass is 10.0. The molecule has 0 aliphatic carbocycles. The van der Waals surface area contributed by atoms with Gasteiger partial charge in [0.1, 0.15) is 0 Å². The first-order valence-electron chi connectivity index (χ1n) is 9.22. The molecule has 8 heteroatoms. The fourth-order valence-corrected chi connectivity index (χ4v) is 3.76. The number of carbonyl (C=O) groups is 2. The van der Waals surface area contributed by atoms with Crippen LogP contribution in [0.15, 0.2) is 78.0 Å². The molecule has 1 aromatic heterocycles. The van der Waals surface area contributed by atoms with Gasteiger partial charge in [-0.15, -0.1) is 11.8 Å². The summed E-state index contributed by atoms with van der Waals surface area (Å²) in [6, 6.07) is 17.2. The number of hydrogen-bond acceptors (Lipinski definition) is 4. The van der Waals surface area contributed by atoms with E-state index in [1.165, 1.54) is 0 Å². The highest BCUT2D eigenvalue weighted by atomic mass is 35.5. The summed E-state index contributed by atoms with van der Waals surface area (Å²) < 4.78 is 0. The minimum atomic E-state index is -0.697. The van der Waals surface area contributed by atoms with E-state index in [9.17, 15) is 9.59 Å². The van der Waals surface area contributed by atoms with Gasteiger partial charge in [0.25, 0.3) is 0 Å². The van der Waals surface area contributed by atoms with Crippen molar-refractivity contribution in [1.82, 2.24) is 10.3 Å². The van der Waals surface area contributed by atoms with Crippen molar-refractivity contribution in [2.75, 3.05) is 5.32 Å². The lowest BCUT2D eigenvalue weighted by Crippen LogP contribution is -2.35. The third-order valence-electron chi connectivity index (χ3n) is 4.24. The maximum absolute atomic E-state index is 12.5. The monoisotopic (exact) mass is 440 g/mol. The molecule has 2 aromatic carbocycles. The van der Waals surface area contributed by atoms with Crippen LogP contribution in [0.1, 0.15) is 23.6 Å². The van der Waals surface area contributed by atoms with Gasteiger partial charge in [-0.3, -0.25) is 9.78 Å². The molecule has 3 rings (SSSR count). The SMILES string of the molecule is NC(=O)NC(CC(=O)Nc1ccc(SCc2cccnc2)cc1)c1ccc(Cl)cc1. The molecule has 4 N–H and O–H groups in total. The Morgan fingerprint density at radius 2 is 1.80 bits per heavy atom. The van der Waals surface area contributed by atoms with Gasteiger partial charge in [-0.25, -0.2) is 4.79 Å². The minimum absolute atomic E-state index is 0.0437.